The molecule has 0 aliphatic heterocycles. The topological polar surface area (TPSA) is 63.4 Å². The van der Waals surface area contributed by atoms with E-state index in [9.17, 15) is 8.42 Å². The van der Waals surface area contributed by atoms with Crippen molar-refractivity contribution in [1.82, 2.24) is 0 Å². The number of sulfonamides is 1. The first kappa shape index (κ1) is 15.7. The van der Waals surface area contributed by atoms with E-state index >= 15 is 0 Å². The first-order chi connectivity index (χ1) is 9.86. The minimum atomic E-state index is -3.71. The highest BCUT2D eigenvalue weighted by Gasteiger charge is 2.24. The number of nitrogen functional groups attached to an aromatic ring is 1. The van der Waals surface area contributed by atoms with Gasteiger partial charge in [-0.3, -0.25) is 4.31 Å². The number of nitrogens with two attached hydrogens (primary N) is 1. The third-order valence-electron chi connectivity index (χ3n) is 3.30. The molecule has 2 rings (SSSR count). The van der Waals surface area contributed by atoms with Crippen molar-refractivity contribution in [3.8, 4) is 0 Å². The number of nitrogens with zero attached hydrogens (tertiary/aromatic N) is 1. The van der Waals surface area contributed by atoms with E-state index in [4.69, 9.17) is 17.3 Å². The fourth-order valence-corrected chi connectivity index (χ4v) is 3.68. The molecule has 0 saturated heterocycles. The summed E-state index contributed by atoms with van der Waals surface area (Å²) in [6, 6.07) is 11.8. The van der Waals surface area contributed by atoms with E-state index in [-0.39, 0.29) is 9.92 Å². The van der Waals surface area contributed by atoms with Crippen molar-refractivity contribution < 1.29 is 8.42 Å². The second-order valence-corrected chi connectivity index (χ2v) is 7.03. The molecular formula is C15H17ClN2O2S. The average Bonchev–Trinajstić information content (AvgIpc) is 2.46. The summed E-state index contributed by atoms with van der Waals surface area (Å²) >= 11 is 6.01. The van der Waals surface area contributed by atoms with Crippen molar-refractivity contribution in [3.63, 3.8) is 0 Å². The lowest BCUT2D eigenvalue weighted by Crippen LogP contribution is -2.26. The molecule has 0 amide bonds. The van der Waals surface area contributed by atoms with Crippen LogP contribution in [0.2, 0.25) is 5.02 Å². The molecule has 0 aliphatic carbocycles. The van der Waals surface area contributed by atoms with Gasteiger partial charge in [-0.15, -0.1) is 0 Å². The van der Waals surface area contributed by atoms with E-state index in [0.29, 0.717) is 11.4 Å². The Hall–Kier alpha value is -1.72. The van der Waals surface area contributed by atoms with Crippen molar-refractivity contribution in [2.75, 3.05) is 17.1 Å². The normalized spacial score (nSPS) is 11.4. The maximum absolute atomic E-state index is 12.6. The summed E-state index contributed by atoms with van der Waals surface area (Å²) in [4.78, 5) is 0.0421. The predicted molar refractivity (Wildman–Crippen MR) is 87.3 cm³/mol. The number of benzene rings is 2. The van der Waals surface area contributed by atoms with Crippen LogP contribution in [0.15, 0.2) is 47.4 Å². The molecule has 0 aromatic heterocycles. The van der Waals surface area contributed by atoms with Crippen LogP contribution in [0.4, 0.5) is 11.4 Å². The maximum Gasteiger partial charge on any atom is 0.265 e. The van der Waals surface area contributed by atoms with Crippen LogP contribution in [-0.4, -0.2) is 15.5 Å². The van der Waals surface area contributed by atoms with Gasteiger partial charge in [-0.1, -0.05) is 30.7 Å². The molecule has 2 aromatic rings. The van der Waals surface area contributed by atoms with Gasteiger partial charge in [0.25, 0.3) is 10.0 Å². The quantitative estimate of drug-likeness (QED) is 0.878. The number of aryl methyl sites for hydroxylation is 1. The van der Waals surface area contributed by atoms with Gasteiger partial charge in [0, 0.05) is 12.7 Å². The van der Waals surface area contributed by atoms with E-state index in [0.717, 1.165) is 12.0 Å². The van der Waals surface area contributed by atoms with Gasteiger partial charge in [0.05, 0.1) is 10.7 Å². The molecule has 0 aliphatic rings. The second kappa shape index (κ2) is 5.95. The highest BCUT2D eigenvalue weighted by Crippen LogP contribution is 2.28. The van der Waals surface area contributed by atoms with E-state index in [2.05, 4.69) is 0 Å². The molecular weight excluding hydrogens is 308 g/mol. The fourth-order valence-electron chi connectivity index (χ4n) is 1.95. The number of halogens is 1. The van der Waals surface area contributed by atoms with Crippen molar-refractivity contribution in [2.45, 2.75) is 18.2 Å². The SMILES string of the molecule is CCc1ccc(N(C)S(=O)(=O)c2ccc(N)cc2Cl)cc1. The third kappa shape index (κ3) is 3.14. The van der Waals surface area contributed by atoms with Gasteiger partial charge < -0.3 is 5.73 Å². The zero-order chi connectivity index (χ0) is 15.6. The smallest absolute Gasteiger partial charge is 0.265 e. The molecule has 2 aromatic carbocycles. The Kier molecular flexibility index (Phi) is 4.44. The second-order valence-electron chi connectivity index (χ2n) is 4.68. The maximum atomic E-state index is 12.6. The zero-order valence-corrected chi connectivity index (χ0v) is 13.4. The molecule has 112 valence electrons. The molecule has 0 radical (unpaired) electrons. The number of hydrogen-bond donors (Lipinski definition) is 1. The summed E-state index contributed by atoms with van der Waals surface area (Å²) in [5.74, 6) is 0. The Labute approximate surface area is 130 Å². The monoisotopic (exact) mass is 324 g/mol. The number of rotatable bonds is 4. The molecule has 0 unspecified atom stereocenters. The highest BCUT2D eigenvalue weighted by molar-refractivity contribution is 7.93. The lowest BCUT2D eigenvalue weighted by Gasteiger charge is -2.20. The molecule has 0 heterocycles. The average molecular weight is 325 g/mol. The molecule has 0 saturated carbocycles. The summed E-state index contributed by atoms with van der Waals surface area (Å²) in [6.07, 6.45) is 0.903. The molecule has 2 N–H and O–H groups in total. The largest absolute Gasteiger partial charge is 0.399 e. The van der Waals surface area contributed by atoms with Crippen LogP contribution < -0.4 is 10.0 Å². The lowest BCUT2D eigenvalue weighted by atomic mass is 10.1. The molecule has 6 heteroatoms. The molecule has 21 heavy (non-hydrogen) atoms. The number of hydrogen-bond acceptors (Lipinski definition) is 3. The van der Waals surface area contributed by atoms with Crippen LogP contribution in [0.3, 0.4) is 0 Å². The molecule has 0 spiro atoms. The van der Waals surface area contributed by atoms with Gasteiger partial charge in [0.15, 0.2) is 0 Å². The molecule has 0 fully saturated rings. The summed E-state index contributed by atoms with van der Waals surface area (Å²) < 4.78 is 26.5. The fraction of sp³-hybridized carbons (Fsp3) is 0.200. The van der Waals surface area contributed by atoms with Crippen LogP contribution in [0.25, 0.3) is 0 Å². The summed E-state index contributed by atoms with van der Waals surface area (Å²) in [5.41, 5.74) is 7.75. The van der Waals surface area contributed by atoms with Gasteiger partial charge in [-0.05, 0) is 42.3 Å². The van der Waals surface area contributed by atoms with Crippen LogP contribution in [0.5, 0.6) is 0 Å². The van der Waals surface area contributed by atoms with Gasteiger partial charge in [-0.2, -0.15) is 0 Å². The predicted octanol–water partition coefficient (Wildman–Crippen LogP) is 3.31. The molecule has 4 nitrogen and oxygen atoms in total. The Bertz CT molecular complexity index is 743. The van der Waals surface area contributed by atoms with Crippen molar-refractivity contribution in [3.05, 3.63) is 53.1 Å². The van der Waals surface area contributed by atoms with E-state index in [1.807, 2.05) is 19.1 Å². The van der Waals surface area contributed by atoms with E-state index in [1.165, 1.54) is 29.6 Å². The summed E-state index contributed by atoms with van der Waals surface area (Å²) in [5, 5.41) is 0.118. The van der Waals surface area contributed by atoms with E-state index < -0.39 is 10.0 Å². The Balaban J connectivity index is 2.42. The van der Waals surface area contributed by atoms with Crippen LogP contribution in [0.1, 0.15) is 12.5 Å². The zero-order valence-electron chi connectivity index (χ0n) is 11.9. The van der Waals surface area contributed by atoms with Gasteiger partial charge in [-0.25, -0.2) is 8.42 Å². The first-order valence-corrected chi connectivity index (χ1v) is 8.31. The highest BCUT2D eigenvalue weighted by atomic mass is 35.5. The Morgan fingerprint density at radius 1 is 1.14 bits per heavy atom. The van der Waals surface area contributed by atoms with Crippen molar-refractivity contribution >= 4 is 33.0 Å². The van der Waals surface area contributed by atoms with Gasteiger partial charge in [0.1, 0.15) is 4.90 Å². The van der Waals surface area contributed by atoms with Crippen molar-refractivity contribution in [2.24, 2.45) is 0 Å². The standard InChI is InChI=1S/C15H17ClN2O2S/c1-3-11-4-7-13(8-5-11)18(2)21(19,20)15-9-6-12(17)10-14(15)16/h4-10H,3,17H2,1-2H3. The van der Waals surface area contributed by atoms with E-state index in [1.54, 1.807) is 12.1 Å². The van der Waals surface area contributed by atoms with Gasteiger partial charge in [0.2, 0.25) is 0 Å². The first-order valence-electron chi connectivity index (χ1n) is 6.49. The lowest BCUT2D eigenvalue weighted by molar-refractivity contribution is 0.594. The Morgan fingerprint density at radius 3 is 2.29 bits per heavy atom. The van der Waals surface area contributed by atoms with Gasteiger partial charge >= 0.3 is 0 Å². The molecule has 0 atom stereocenters. The van der Waals surface area contributed by atoms with Crippen LogP contribution in [0, 0.1) is 0 Å². The summed E-state index contributed by atoms with van der Waals surface area (Å²) in [6.45, 7) is 2.05. The number of anilines is 2. The molecule has 0 bridgehead atoms. The van der Waals surface area contributed by atoms with Crippen molar-refractivity contribution in [1.29, 1.82) is 0 Å². The van der Waals surface area contributed by atoms with Crippen LogP contribution >= 0.6 is 11.6 Å². The van der Waals surface area contributed by atoms with Crippen LogP contribution in [-0.2, 0) is 16.4 Å². The Morgan fingerprint density at radius 2 is 1.76 bits per heavy atom. The minimum absolute atomic E-state index is 0.0421. The third-order valence-corrected chi connectivity index (χ3v) is 5.57. The summed E-state index contributed by atoms with van der Waals surface area (Å²) in [7, 11) is -2.21. The minimum Gasteiger partial charge on any atom is -0.399 e.